The summed E-state index contributed by atoms with van der Waals surface area (Å²) < 4.78 is 5.78. The molecule has 1 amide bonds. The number of amides is 1. The molecule has 0 aromatic heterocycles. The summed E-state index contributed by atoms with van der Waals surface area (Å²) in [4.78, 5) is 24.3. The van der Waals surface area contributed by atoms with Crippen LogP contribution in [0.4, 0.5) is 5.69 Å². The quantitative estimate of drug-likeness (QED) is 0.902. The number of anilines is 1. The highest BCUT2D eigenvalue weighted by atomic mass is 16.5. The Morgan fingerprint density at radius 2 is 2.11 bits per heavy atom. The molecule has 1 aromatic carbocycles. The predicted octanol–water partition coefficient (Wildman–Crippen LogP) is 2.06. The molecule has 19 heavy (non-hydrogen) atoms. The molecule has 0 saturated heterocycles. The molecule has 102 valence electrons. The van der Waals surface area contributed by atoms with E-state index in [1.54, 1.807) is 4.90 Å². The third kappa shape index (κ3) is 3.05. The van der Waals surface area contributed by atoms with Crippen LogP contribution < -0.4 is 9.64 Å². The molecule has 0 spiro atoms. The van der Waals surface area contributed by atoms with Gasteiger partial charge in [-0.3, -0.25) is 9.59 Å². The van der Waals surface area contributed by atoms with E-state index < -0.39 is 5.97 Å². The van der Waals surface area contributed by atoms with Crippen molar-refractivity contribution in [3.8, 4) is 5.75 Å². The third-order valence-electron chi connectivity index (χ3n) is 3.15. The highest BCUT2D eigenvalue weighted by Gasteiger charge is 2.28. The second kappa shape index (κ2) is 5.73. The summed E-state index contributed by atoms with van der Waals surface area (Å²) in [6.45, 7) is 2.48. The highest BCUT2D eigenvalue weighted by Crippen LogP contribution is 2.34. The standard InChI is InChI=1S/C14H17NO4/c1-2-10-9-15(13(16)7-8-14(17)18)11-5-3-4-6-12(11)19-10/h3-6,10H,2,7-9H2,1H3,(H,17,18). The number of aliphatic carboxylic acids is 1. The molecule has 0 fully saturated rings. The maximum atomic E-state index is 12.1. The average Bonchev–Trinajstić information content (AvgIpc) is 2.43. The van der Waals surface area contributed by atoms with Gasteiger partial charge < -0.3 is 14.7 Å². The van der Waals surface area contributed by atoms with Gasteiger partial charge in [0.15, 0.2) is 0 Å². The lowest BCUT2D eigenvalue weighted by molar-refractivity contribution is -0.138. The summed E-state index contributed by atoms with van der Waals surface area (Å²) in [6.07, 6.45) is 0.635. The summed E-state index contributed by atoms with van der Waals surface area (Å²) in [5, 5.41) is 8.66. The van der Waals surface area contributed by atoms with Crippen LogP contribution in [0.3, 0.4) is 0 Å². The number of carboxylic acids is 1. The highest BCUT2D eigenvalue weighted by molar-refractivity contribution is 5.96. The first-order valence-corrected chi connectivity index (χ1v) is 6.39. The van der Waals surface area contributed by atoms with Crippen LogP contribution >= 0.6 is 0 Å². The van der Waals surface area contributed by atoms with E-state index in [2.05, 4.69) is 0 Å². The number of carbonyl (C=O) groups excluding carboxylic acids is 1. The van der Waals surface area contributed by atoms with Crippen LogP contribution in [0.1, 0.15) is 26.2 Å². The molecule has 1 aromatic rings. The van der Waals surface area contributed by atoms with Gasteiger partial charge in [-0.05, 0) is 18.6 Å². The van der Waals surface area contributed by atoms with E-state index in [9.17, 15) is 9.59 Å². The van der Waals surface area contributed by atoms with Crippen molar-refractivity contribution in [1.29, 1.82) is 0 Å². The number of fused-ring (bicyclic) bond motifs is 1. The second-order valence-corrected chi connectivity index (χ2v) is 4.51. The van der Waals surface area contributed by atoms with Gasteiger partial charge >= 0.3 is 5.97 Å². The number of carbonyl (C=O) groups is 2. The lowest BCUT2D eigenvalue weighted by Gasteiger charge is -2.34. The molecule has 2 rings (SSSR count). The van der Waals surface area contributed by atoms with Gasteiger partial charge in [0.25, 0.3) is 0 Å². The Morgan fingerprint density at radius 3 is 2.79 bits per heavy atom. The van der Waals surface area contributed by atoms with Crippen LogP contribution in [0.25, 0.3) is 0 Å². The first kappa shape index (κ1) is 13.4. The largest absolute Gasteiger partial charge is 0.486 e. The Morgan fingerprint density at radius 1 is 1.37 bits per heavy atom. The van der Waals surface area contributed by atoms with E-state index >= 15 is 0 Å². The Balaban J connectivity index is 2.19. The Bertz CT molecular complexity index is 486. The van der Waals surface area contributed by atoms with Crippen molar-refractivity contribution in [2.24, 2.45) is 0 Å². The van der Waals surface area contributed by atoms with Crippen LogP contribution in [0, 0.1) is 0 Å². The maximum absolute atomic E-state index is 12.1. The second-order valence-electron chi connectivity index (χ2n) is 4.51. The fourth-order valence-corrected chi connectivity index (χ4v) is 2.10. The number of hydrogen-bond acceptors (Lipinski definition) is 3. The first-order chi connectivity index (χ1) is 9.11. The van der Waals surface area contributed by atoms with Crippen LogP contribution in [-0.2, 0) is 9.59 Å². The van der Waals surface area contributed by atoms with Crippen LogP contribution in [0.2, 0.25) is 0 Å². The molecule has 1 heterocycles. The number of benzene rings is 1. The zero-order valence-electron chi connectivity index (χ0n) is 10.8. The average molecular weight is 263 g/mol. The normalized spacial score (nSPS) is 17.5. The SMILES string of the molecule is CCC1CN(C(=O)CCC(=O)O)c2ccccc2O1. The fraction of sp³-hybridized carbons (Fsp3) is 0.429. The number of hydrogen-bond donors (Lipinski definition) is 1. The summed E-state index contributed by atoms with van der Waals surface area (Å²) in [7, 11) is 0. The lowest BCUT2D eigenvalue weighted by Crippen LogP contribution is -2.43. The van der Waals surface area contributed by atoms with Crippen molar-refractivity contribution in [1.82, 2.24) is 0 Å². The van der Waals surface area contributed by atoms with Crippen molar-refractivity contribution in [2.75, 3.05) is 11.4 Å². The maximum Gasteiger partial charge on any atom is 0.303 e. The van der Waals surface area contributed by atoms with Gasteiger partial charge in [0.2, 0.25) is 5.91 Å². The molecule has 1 aliphatic rings. The molecular weight excluding hydrogens is 246 g/mol. The summed E-state index contributed by atoms with van der Waals surface area (Å²) in [5.74, 6) is -0.442. The zero-order valence-corrected chi connectivity index (χ0v) is 10.8. The molecule has 0 saturated carbocycles. The molecule has 5 nitrogen and oxygen atoms in total. The number of carboxylic acid groups (broad SMARTS) is 1. The monoisotopic (exact) mass is 263 g/mol. The molecule has 1 N–H and O–H groups in total. The van der Waals surface area contributed by atoms with E-state index in [4.69, 9.17) is 9.84 Å². The molecule has 1 atom stereocenters. The van der Waals surface area contributed by atoms with Crippen molar-refractivity contribution >= 4 is 17.6 Å². The van der Waals surface area contributed by atoms with Crippen molar-refractivity contribution in [3.63, 3.8) is 0 Å². The molecule has 0 radical (unpaired) electrons. The topological polar surface area (TPSA) is 66.8 Å². The van der Waals surface area contributed by atoms with Crippen LogP contribution in [0.5, 0.6) is 5.75 Å². The number of ether oxygens (including phenoxy) is 1. The Labute approximate surface area is 111 Å². The van der Waals surface area contributed by atoms with Gasteiger partial charge in [0, 0.05) is 6.42 Å². The molecule has 0 aliphatic carbocycles. The lowest BCUT2D eigenvalue weighted by atomic mass is 10.1. The summed E-state index contributed by atoms with van der Waals surface area (Å²) in [5.41, 5.74) is 0.725. The van der Waals surface area contributed by atoms with Gasteiger partial charge in [-0.15, -0.1) is 0 Å². The Hall–Kier alpha value is -2.04. The summed E-state index contributed by atoms with van der Waals surface area (Å²) in [6, 6.07) is 7.34. The molecule has 1 unspecified atom stereocenters. The van der Waals surface area contributed by atoms with Gasteiger partial charge in [-0.25, -0.2) is 0 Å². The molecular formula is C14H17NO4. The minimum absolute atomic E-state index is 0.0140. The number of rotatable bonds is 4. The number of para-hydroxylation sites is 2. The minimum Gasteiger partial charge on any atom is -0.486 e. The smallest absolute Gasteiger partial charge is 0.303 e. The van der Waals surface area contributed by atoms with Crippen molar-refractivity contribution in [2.45, 2.75) is 32.3 Å². The minimum atomic E-state index is -0.957. The molecule has 5 heteroatoms. The molecule has 1 aliphatic heterocycles. The van der Waals surface area contributed by atoms with E-state index in [1.165, 1.54) is 0 Å². The molecule has 0 bridgehead atoms. The zero-order chi connectivity index (χ0) is 13.8. The fourth-order valence-electron chi connectivity index (χ4n) is 2.10. The van der Waals surface area contributed by atoms with Gasteiger partial charge in [0.1, 0.15) is 11.9 Å². The van der Waals surface area contributed by atoms with E-state index in [0.717, 1.165) is 12.1 Å². The van der Waals surface area contributed by atoms with E-state index in [-0.39, 0.29) is 24.9 Å². The van der Waals surface area contributed by atoms with Gasteiger partial charge in [-0.1, -0.05) is 19.1 Å². The first-order valence-electron chi connectivity index (χ1n) is 6.39. The van der Waals surface area contributed by atoms with E-state index in [0.29, 0.717) is 12.3 Å². The van der Waals surface area contributed by atoms with Crippen LogP contribution in [-0.4, -0.2) is 29.6 Å². The van der Waals surface area contributed by atoms with Gasteiger partial charge in [-0.2, -0.15) is 0 Å². The van der Waals surface area contributed by atoms with Gasteiger partial charge in [0.05, 0.1) is 18.7 Å². The Kier molecular flexibility index (Phi) is 4.04. The van der Waals surface area contributed by atoms with E-state index in [1.807, 2.05) is 31.2 Å². The summed E-state index contributed by atoms with van der Waals surface area (Å²) >= 11 is 0. The number of nitrogens with zero attached hydrogens (tertiary/aromatic N) is 1. The van der Waals surface area contributed by atoms with Crippen molar-refractivity contribution in [3.05, 3.63) is 24.3 Å². The predicted molar refractivity (Wildman–Crippen MR) is 70.4 cm³/mol. The van der Waals surface area contributed by atoms with Crippen LogP contribution in [0.15, 0.2) is 24.3 Å². The van der Waals surface area contributed by atoms with Crippen molar-refractivity contribution < 1.29 is 19.4 Å². The third-order valence-corrected chi connectivity index (χ3v) is 3.15.